The lowest BCUT2D eigenvalue weighted by Crippen LogP contribution is -2.15. The summed E-state index contributed by atoms with van der Waals surface area (Å²) in [4.78, 5) is 11.1. The second-order valence-electron chi connectivity index (χ2n) is 4.06. The molecule has 1 rings (SSSR count). The summed E-state index contributed by atoms with van der Waals surface area (Å²) in [6.45, 7) is 6.13. The van der Waals surface area contributed by atoms with Crippen LogP contribution in [0.3, 0.4) is 0 Å². The molecule has 1 aromatic heterocycles. The summed E-state index contributed by atoms with van der Waals surface area (Å²) in [7, 11) is 0. The smallest absolute Gasteiger partial charge is 0.271 e. The first kappa shape index (κ1) is 12.7. The van der Waals surface area contributed by atoms with Gasteiger partial charge >= 0.3 is 0 Å². The van der Waals surface area contributed by atoms with Crippen LogP contribution in [0.15, 0.2) is 0 Å². The van der Waals surface area contributed by atoms with Gasteiger partial charge in [-0.15, -0.1) is 5.10 Å². The fraction of sp³-hybridized carbons (Fsp3) is 0.727. The number of hydrogen-bond acceptors (Lipinski definition) is 3. The van der Waals surface area contributed by atoms with Crippen molar-refractivity contribution in [2.45, 2.75) is 52.5 Å². The van der Waals surface area contributed by atoms with E-state index in [4.69, 9.17) is 5.73 Å². The van der Waals surface area contributed by atoms with Crippen molar-refractivity contribution >= 4 is 5.91 Å². The Hall–Kier alpha value is -1.39. The van der Waals surface area contributed by atoms with Crippen LogP contribution < -0.4 is 5.73 Å². The third kappa shape index (κ3) is 2.59. The molecule has 0 aromatic carbocycles. The largest absolute Gasteiger partial charge is 0.364 e. The summed E-state index contributed by atoms with van der Waals surface area (Å²) < 4.78 is 1.84. The van der Waals surface area contributed by atoms with Gasteiger partial charge in [0.05, 0.1) is 11.7 Å². The predicted molar refractivity (Wildman–Crippen MR) is 62.1 cm³/mol. The van der Waals surface area contributed by atoms with E-state index in [1.54, 1.807) is 0 Å². The van der Waals surface area contributed by atoms with Gasteiger partial charge in [-0.3, -0.25) is 4.79 Å². The van der Waals surface area contributed by atoms with Crippen molar-refractivity contribution < 1.29 is 4.79 Å². The molecule has 90 valence electrons. The minimum absolute atomic E-state index is 0.289. The Balaban J connectivity index is 2.96. The highest BCUT2D eigenvalue weighted by Crippen LogP contribution is 2.21. The van der Waals surface area contributed by atoms with E-state index < -0.39 is 5.91 Å². The lowest BCUT2D eigenvalue weighted by atomic mass is 10.1. The standard InChI is InChI=1S/C11H20N4O/c1-4-6-9(7-5-2)15-8(3)10(11(12)16)13-14-15/h9H,4-7H2,1-3H3,(H2,12,16). The average molecular weight is 224 g/mol. The van der Waals surface area contributed by atoms with Gasteiger partial charge in [0.15, 0.2) is 5.69 Å². The maximum absolute atomic E-state index is 11.1. The van der Waals surface area contributed by atoms with Crippen LogP contribution in [0.4, 0.5) is 0 Å². The molecule has 0 saturated heterocycles. The number of carbonyl (C=O) groups is 1. The lowest BCUT2D eigenvalue weighted by Gasteiger charge is -2.16. The molecule has 0 atom stereocenters. The molecule has 5 heteroatoms. The zero-order valence-corrected chi connectivity index (χ0v) is 10.2. The Bertz CT molecular complexity index is 353. The fourth-order valence-electron chi connectivity index (χ4n) is 1.97. The van der Waals surface area contributed by atoms with Crippen molar-refractivity contribution in [3.8, 4) is 0 Å². The average Bonchev–Trinajstić information content (AvgIpc) is 2.60. The van der Waals surface area contributed by atoms with Crippen molar-refractivity contribution in [3.05, 3.63) is 11.4 Å². The van der Waals surface area contributed by atoms with Crippen molar-refractivity contribution in [1.82, 2.24) is 15.0 Å². The van der Waals surface area contributed by atoms with E-state index in [1.165, 1.54) is 0 Å². The molecule has 0 saturated carbocycles. The summed E-state index contributed by atoms with van der Waals surface area (Å²) in [6.07, 6.45) is 4.29. The second kappa shape index (κ2) is 5.63. The normalized spacial score (nSPS) is 11.0. The van der Waals surface area contributed by atoms with Crippen molar-refractivity contribution in [1.29, 1.82) is 0 Å². The first-order valence-electron chi connectivity index (χ1n) is 5.83. The van der Waals surface area contributed by atoms with Crippen LogP contribution in [0.5, 0.6) is 0 Å². The van der Waals surface area contributed by atoms with Gasteiger partial charge in [-0.2, -0.15) is 0 Å². The molecule has 5 nitrogen and oxygen atoms in total. The number of hydrogen-bond donors (Lipinski definition) is 1. The lowest BCUT2D eigenvalue weighted by molar-refractivity contribution is 0.0995. The SMILES string of the molecule is CCCC(CCC)n1nnc(C(N)=O)c1C. The molecular weight excluding hydrogens is 204 g/mol. The summed E-state index contributed by atoms with van der Waals surface area (Å²) in [5, 5.41) is 7.88. The molecule has 2 N–H and O–H groups in total. The summed E-state index contributed by atoms with van der Waals surface area (Å²) in [5.74, 6) is -0.504. The molecule has 0 aliphatic carbocycles. The van der Waals surface area contributed by atoms with Gasteiger partial charge in [-0.1, -0.05) is 31.9 Å². The minimum atomic E-state index is -0.504. The second-order valence-corrected chi connectivity index (χ2v) is 4.06. The first-order valence-corrected chi connectivity index (χ1v) is 5.83. The summed E-state index contributed by atoms with van der Waals surface area (Å²) >= 11 is 0. The number of carbonyl (C=O) groups excluding carboxylic acids is 1. The van der Waals surface area contributed by atoms with E-state index >= 15 is 0 Å². The molecule has 0 aliphatic rings. The number of aromatic nitrogens is 3. The van der Waals surface area contributed by atoms with Crippen LogP contribution in [0, 0.1) is 6.92 Å². The van der Waals surface area contributed by atoms with Gasteiger partial charge in [0.1, 0.15) is 0 Å². The van der Waals surface area contributed by atoms with Crippen molar-refractivity contribution in [2.24, 2.45) is 5.73 Å². The maximum atomic E-state index is 11.1. The number of primary amides is 1. The van der Waals surface area contributed by atoms with E-state index in [9.17, 15) is 4.79 Å². The highest BCUT2D eigenvalue weighted by atomic mass is 16.1. The monoisotopic (exact) mass is 224 g/mol. The molecule has 0 fully saturated rings. The predicted octanol–water partition coefficient (Wildman–Crippen LogP) is 1.83. The Morgan fingerprint density at radius 3 is 2.31 bits per heavy atom. The number of amides is 1. The molecule has 0 aliphatic heterocycles. The Morgan fingerprint density at radius 1 is 1.38 bits per heavy atom. The summed E-state index contributed by atoms with van der Waals surface area (Å²) in [5.41, 5.74) is 6.29. The molecule has 1 aromatic rings. The molecule has 0 bridgehead atoms. The van der Waals surface area contributed by atoms with Crippen LogP contribution in [-0.2, 0) is 0 Å². The number of nitrogens with zero attached hydrogens (tertiary/aromatic N) is 3. The van der Waals surface area contributed by atoms with Crippen LogP contribution in [0.1, 0.15) is 61.8 Å². The van der Waals surface area contributed by atoms with Gasteiger partial charge in [0, 0.05) is 0 Å². The van der Waals surface area contributed by atoms with E-state index in [-0.39, 0.29) is 5.69 Å². The summed E-state index contributed by atoms with van der Waals surface area (Å²) in [6, 6.07) is 0.329. The van der Waals surface area contributed by atoms with Gasteiger partial charge < -0.3 is 5.73 Å². The molecule has 1 amide bonds. The highest BCUT2D eigenvalue weighted by Gasteiger charge is 2.18. The molecule has 16 heavy (non-hydrogen) atoms. The zero-order valence-electron chi connectivity index (χ0n) is 10.2. The number of nitrogens with two attached hydrogens (primary N) is 1. The molecule has 0 radical (unpaired) electrons. The van der Waals surface area contributed by atoms with Crippen LogP contribution >= 0.6 is 0 Å². The van der Waals surface area contributed by atoms with E-state index in [1.807, 2.05) is 11.6 Å². The van der Waals surface area contributed by atoms with Crippen molar-refractivity contribution in [2.75, 3.05) is 0 Å². The Labute approximate surface area is 96.0 Å². The van der Waals surface area contributed by atoms with Crippen LogP contribution in [0.25, 0.3) is 0 Å². The van der Waals surface area contributed by atoms with Gasteiger partial charge in [0.25, 0.3) is 5.91 Å². The van der Waals surface area contributed by atoms with Gasteiger partial charge in [-0.05, 0) is 19.8 Å². The number of rotatable bonds is 6. The van der Waals surface area contributed by atoms with Crippen LogP contribution in [-0.4, -0.2) is 20.9 Å². The molecule has 1 heterocycles. The third-order valence-electron chi connectivity index (χ3n) is 2.75. The zero-order chi connectivity index (χ0) is 12.1. The third-order valence-corrected chi connectivity index (χ3v) is 2.75. The first-order chi connectivity index (χ1) is 7.61. The minimum Gasteiger partial charge on any atom is -0.364 e. The fourth-order valence-corrected chi connectivity index (χ4v) is 1.97. The maximum Gasteiger partial charge on any atom is 0.271 e. The Kier molecular flexibility index (Phi) is 4.46. The molecule has 0 spiro atoms. The van der Waals surface area contributed by atoms with Gasteiger partial charge in [-0.25, -0.2) is 4.68 Å². The van der Waals surface area contributed by atoms with Gasteiger partial charge in [0.2, 0.25) is 0 Å². The van der Waals surface area contributed by atoms with E-state index in [2.05, 4.69) is 24.2 Å². The Morgan fingerprint density at radius 2 is 1.94 bits per heavy atom. The highest BCUT2D eigenvalue weighted by molar-refractivity contribution is 5.91. The topological polar surface area (TPSA) is 73.8 Å². The molecular formula is C11H20N4O. The molecule has 0 unspecified atom stereocenters. The quantitative estimate of drug-likeness (QED) is 0.801. The van der Waals surface area contributed by atoms with E-state index in [0.29, 0.717) is 6.04 Å². The van der Waals surface area contributed by atoms with E-state index in [0.717, 1.165) is 31.4 Å². The van der Waals surface area contributed by atoms with Crippen LogP contribution in [0.2, 0.25) is 0 Å². The van der Waals surface area contributed by atoms with Crippen molar-refractivity contribution in [3.63, 3.8) is 0 Å².